The fourth-order valence-electron chi connectivity index (χ4n) is 3.55. The molecule has 1 fully saturated rings. The number of hydrogen-bond acceptors (Lipinski definition) is 4. The molecule has 1 aromatic carbocycles. The Morgan fingerprint density at radius 3 is 2.62 bits per heavy atom. The van der Waals surface area contributed by atoms with Gasteiger partial charge in [0.15, 0.2) is 11.5 Å². The van der Waals surface area contributed by atoms with Crippen molar-refractivity contribution in [3.63, 3.8) is 0 Å². The van der Waals surface area contributed by atoms with E-state index < -0.39 is 5.54 Å². The minimum atomic E-state index is -0.599. The number of aliphatic hydroxyl groups is 1. The number of carbonyl (C=O) groups is 1. The van der Waals surface area contributed by atoms with Gasteiger partial charge in [-0.3, -0.25) is 0 Å². The van der Waals surface area contributed by atoms with Gasteiger partial charge in [0.1, 0.15) is 13.2 Å². The third kappa shape index (κ3) is 3.75. The summed E-state index contributed by atoms with van der Waals surface area (Å²) in [6.07, 6.45) is 5.64. The number of anilines is 1. The van der Waals surface area contributed by atoms with Gasteiger partial charge in [-0.1, -0.05) is 19.3 Å². The highest BCUT2D eigenvalue weighted by Crippen LogP contribution is 2.34. The van der Waals surface area contributed by atoms with E-state index in [4.69, 9.17) is 9.47 Å². The summed E-state index contributed by atoms with van der Waals surface area (Å²) < 4.78 is 11.0. The molecule has 1 aliphatic carbocycles. The maximum atomic E-state index is 12.4. The Morgan fingerprint density at radius 1 is 1.21 bits per heavy atom. The quantitative estimate of drug-likeness (QED) is 0.791. The number of benzene rings is 1. The average molecular weight is 334 g/mol. The van der Waals surface area contributed by atoms with Crippen LogP contribution in [0.4, 0.5) is 10.5 Å². The first-order valence-electron chi connectivity index (χ1n) is 8.70. The van der Waals surface area contributed by atoms with Crippen LogP contribution in [0.15, 0.2) is 18.2 Å². The SMILES string of the molecule is C[C@@](CO)(NC(=O)Nc1ccc2c(c1)OCCO2)C1CCCCC1. The van der Waals surface area contributed by atoms with Crippen molar-refractivity contribution in [2.75, 3.05) is 25.1 Å². The van der Waals surface area contributed by atoms with Crippen LogP contribution in [0.5, 0.6) is 11.5 Å². The molecule has 0 spiro atoms. The zero-order valence-corrected chi connectivity index (χ0v) is 14.1. The second-order valence-electron chi connectivity index (χ2n) is 6.85. The van der Waals surface area contributed by atoms with E-state index in [0.29, 0.717) is 36.3 Å². The van der Waals surface area contributed by atoms with Crippen molar-refractivity contribution in [1.82, 2.24) is 5.32 Å². The van der Waals surface area contributed by atoms with Crippen molar-refractivity contribution in [1.29, 1.82) is 0 Å². The lowest BCUT2D eigenvalue weighted by Gasteiger charge is -2.39. The number of nitrogens with one attached hydrogen (secondary N) is 2. The molecule has 2 aliphatic rings. The van der Waals surface area contributed by atoms with E-state index in [1.165, 1.54) is 6.42 Å². The number of amides is 2. The molecule has 6 heteroatoms. The number of hydrogen-bond donors (Lipinski definition) is 3. The Kier molecular flexibility index (Phi) is 5.14. The van der Waals surface area contributed by atoms with E-state index in [9.17, 15) is 9.90 Å². The molecule has 24 heavy (non-hydrogen) atoms. The molecule has 1 heterocycles. The molecule has 1 aliphatic heterocycles. The lowest BCUT2D eigenvalue weighted by Crippen LogP contribution is -2.55. The van der Waals surface area contributed by atoms with Crippen LogP contribution in [0.2, 0.25) is 0 Å². The smallest absolute Gasteiger partial charge is 0.319 e. The van der Waals surface area contributed by atoms with Gasteiger partial charge in [-0.05, 0) is 37.8 Å². The summed E-state index contributed by atoms with van der Waals surface area (Å²) in [5, 5.41) is 15.6. The summed E-state index contributed by atoms with van der Waals surface area (Å²) in [6, 6.07) is 5.01. The van der Waals surface area contributed by atoms with Crippen molar-refractivity contribution >= 4 is 11.7 Å². The molecule has 1 atom stereocenters. The highest BCUT2D eigenvalue weighted by atomic mass is 16.6. The van der Waals surface area contributed by atoms with Crippen LogP contribution in [-0.2, 0) is 0 Å². The monoisotopic (exact) mass is 334 g/mol. The Morgan fingerprint density at radius 2 is 1.92 bits per heavy atom. The maximum Gasteiger partial charge on any atom is 0.319 e. The Hall–Kier alpha value is -1.95. The third-order valence-electron chi connectivity index (χ3n) is 5.03. The van der Waals surface area contributed by atoms with Crippen molar-refractivity contribution in [2.24, 2.45) is 5.92 Å². The third-order valence-corrected chi connectivity index (χ3v) is 5.03. The van der Waals surface area contributed by atoms with Gasteiger partial charge in [0, 0.05) is 11.8 Å². The van der Waals surface area contributed by atoms with Crippen LogP contribution in [-0.4, -0.2) is 36.5 Å². The lowest BCUT2D eigenvalue weighted by atomic mass is 9.76. The molecular formula is C18H26N2O4. The molecular weight excluding hydrogens is 308 g/mol. The van der Waals surface area contributed by atoms with Gasteiger partial charge >= 0.3 is 6.03 Å². The molecule has 0 unspecified atom stereocenters. The molecule has 0 saturated heterocycles. The molecule has 0 bridgehead atoms. The summed E-state index contributed by atoms with van der Waals surface area (Å²) in [4.78, 5) is 12.4. The molecule has 0 aromatic heterocycles. The van der Waals surface area contributed by atoms with Crippen molar-refractivity contribution in [3.8, 4) is 11.5 Å². The lowest BCUT2D eigenvalue weighted by molar-refractivity contribution is 0.103. The molecule has 1 saturated carbocycles. The largest absolute Gasteiger partial charge is 0.486 e. The fourth-order valence-corrected chi connectivity index (χ4v) is 3.55. The van der Waals surface area contributed by atoms with E-state index in [0.717, 1.165) is 25.7 Å². The number of urea groups is 1. The van der Waals surface area contributed by atoms with Gasteiger partial charge in [0.05, 0.1) is 12.1 Å². The minimum Gasteiger partial charge on any atom is -0.486 e. The molecule has 132 valence electrons. The first-order chi connectivity index (χ1) is 11.6. The van der Waals surface area contributed by atoms with Crippen LogP contribution in [0, 0.1) is 5.92 Å². The highest BCUT2D eigenvalue weighted by Gasteiger charge is 2.35. The molecule has 6 nitrogen and oxygen atoms in total. The zero-order chi connectivity index (χ0) is 17.0. The number of carbonyl (C=O) groups excluding carboxylic acids is 1. The number of aliphatic hydroxyl groups excluding tert-OH is 1. The topological polar surface area (TPSA) is 79.8 Å². The van der Waals surface area contributed by atoms with Gasteiger partial charge in [-0.15, -0.1) is 0 Å². The Balaban J connectivity index is 1.63. The zero-order valence-electron chi connectivity index (χ0n) is 14.1. The second kappa shape index (κ2) is 7.30. The van der Waals surface area contributed by atoms with Crippen LogP contribution in [0.25, 0.3) is 0 Å². The molecule has 1 aromatic rings. The van der Waals surface area contributed by atoms with Crippen LogP contribution in [0.3, 0.4) is 0 Å². The van der Waals surface area contributed by atoms with Gasteiger partial charge in [0.25, 0.3) is 0 Å². The molecule has 2 amide bonds. The fraction of sp³-hybridized carbons (Fsp3) is 0.611. The predicted molar refractivity (Wildman–Crippen MR) is 91.7 cm³/mol. The summed E-state index contributed by atoms with van der Waals surface area (Å²) >= 11 is 0. The van der Waals surface area contributed by atoms with Crippen molar-refractivity contribution < 1.29 is 19.4 Å². The van der Waals surface area contributed by atoms with E-state index in [2.05, 4.69) is 10.6 Å². The molecule has 0 radical (unpaired) electrons. The van der Waals surface area contributed by atoms with Crippen LogP contribution >= 0.6 is 0 Å². The normalized spacial score (nSPS) is 20.1. The molecule has 3 rings (SSSR count). The first kappa shape index (κ1) is 16.9. The van der Waals surface area contributed by atoms with E-state index in [1.807, 2.05) is 6.92 Å². The van der Waals surface area contributed by atoms with Gasteiger partial charge < -0.3 is 25.2 Å². The van der Waals surface area contributed by atoms with Gasteiger partial charge in [-0.25, -0.2) is 4.79 Å². The second-order valence-corrected chi connectivity index (χ2v) is 6.85. The highest BCUT2D eigenvalue weighted by molar-refractivity contribution is 5.90. The summed E-state index contributed by atoms with van der Waals surface area (Å²) in [6.45, 7) is 2.90. The van der Waals surface area contributed by atoms with Gasteiger partial charge in [0.2, 0.25) is 0 Å². The van der Waals surface area contributed by atoms with Crippen molar-refractivity contribution in [3.05, 3.63) is 18.2 Å². The number of fused-ring (bicyclic) bond motifs is 1. The maximum absolute atomic E-state index is 12.4. The molecule has 3 N–H and O–H groups in total. The first-order valence-corrected chi connectivity index (χ1v) is 8.70. The van der Waals surface area contributed by atoms with Crippen molar-refractivity contribution in [2.45, 2.75) is 44.6 Å². The number of rotatable bonds is 4. The summed E-state index contributed by atoms with van der Waals surface area (Å²) in [5.74, 6) is 1.63. The van der Waals surface area contributed by atoms with E-state index in [-0.39, 0.29) is 12.6 Å². The van der Waals surface area contributed by atoms with Crippen LogP contribution in [0.1, 0.15) is 39.0 Å². The summed E-state index contributed by atoms with van der Waals surface area (Å²) in [5.41, 5.74) is 0.0406. The average Bonchev–Trinajstić information content (AvgIpc) is 2.62. The summed E-state index contributed by atoms with van der Waals surface area (Å²) in [7, 11) is 0. The standard InChI is InChI=1S/C18H26N2O4/c1-18(12-21,13-5-3-2-4-6-13)20-17(22)19-14-7-8-15-16(11-14)24-10-9-23-15/h7-8,11,13,21H,2-6,9-10,12H2,1H3,(H2,19,20,22)/t18-/m0/s1. The van der Waals surface area contributed by atoms with E-state index in [1.54, 1.807) is 18.2 Å². The van der Waals surface area contributed by atoms with E-state index >= 15 is 0 Å². The van der Waals surface area contributed by atoms with Crippen LogP contribution < -0.4 is 20.1 Å². The van der Waals surface area contributed by atoms with Gasteiger partial charge in [-0.2, -0.15) is 0 Å². The Labute approximate surface area is 142 Å². The minimum absolute atomic E-state index is 0.0633. The Bertz CT molecular complexity index is 586. The predicted octanol–water partition coefficient (Wildman–Crippen LogP) is 2.91. The number of ether oxygens (including phenoxy) is 2.